The molecule has 0 bridgehead atoms. The van der Waals surface area contributed by atoms with Crippen LogP contribution in [-0.4, -0.2) is 46.6 Å². The second kappa shape index (κ2) is 8.39. The number of carbonyl (C=O) groups excluding carboxylic acids is 1. The van der Waals surface area contributed by atoms with E-state index in [1.807, 2.05) is 0 Å². The Morgan fingerprint density at radius 2 is 1.53 bits per heavy atom. The standard InChI is InChI=1S/C17H19N5O6S2/c1-18-29(24,25)15-9-22(10-16(15)30(26,27)19-2)11-17(23)21-13-5-3-12(4-6-13)14-7-8-20-28-14/h3-10,18-19H,11H2,1-2H3,(H,21,23). The summed E-state index contributed by atoms with van der Waals surface area (Å²) in [7, 11) is -5.79. The highest BCUT2D eigenvalue weighted by atomic mass is 32.2. The topological polar surface area (TPSA) is 152 Å². The van der Waals surface area contributed by atoms with E-state index in [1.165, 1.54) is 10.8 Å². The molecule has 0 saturated heterocycles. The van der Waals surface area contributed by atoms with Gasteiger partial charge in [-0.15, -0.1) is 0 Å². The summed E-state index contributed by atoms with van der Waals surface area (Å²) >= 11 is 0. The summed E-state index contributed by atoms with van der Waals surface area (Å²) in [6.45, 7) is -0.296. The molecule has 3 aromatic rings. The van der Waals surface area contributed by atoms with Gasteiger partial charge >= 0.3 is 0 Å². The van der Waals surface area contributed by atoms with Crippen molar-refractivity contribution in [3.8, 4) is 11.3 Å². The Bertz CT molecular complexity index is 1190. The number of carbonyl (C=O) groups is 1. The van der Waals surface area contributed by atoms with E-state index in [4.69, 9.17) is 4.52 Å². The van der Waals surface area contributed by atoms with Gasteiger partial charge in [-0.1, -0.05) is 5.16 Å². The van der Waals surface area contributed by atoms with Crippen molar-refractivity contribution in [2.45, 2.75) is 16.3 Å². The summed E-state index contributed by atoms with van der Waals surface area (Å²) in [4.78, 5) is 11.5. The second-order valence-electron chi connectivity index (χ2n) is 6.08. The Morgan fingerprint density at radius 1 is 0.967 bits per heavy atom. The van der Waals surface area contributed by atoms with E-state index in [0.717, 1.165) is 32.1 Å². The maximum Gasteiger partial charge on any atom is 0.244 e. The van der Waals surface area contributed by atoms with Crippen molar-refractivity contribution >= 4 is 31.6 Å². The highest BCUT2D eigenvalue weighted by molar-refractivity contribution is 7.92. The van der Waals surface area contributed by atoms with Crippen molar-refractivity contribution in [3.63, 3.8) is 0 Å². The Morgan fingerprint density at radius 3 is 2.00 bits per heavy atom. The van der Waals surface area contributed by atoms with Gasteiger partial charge in [0.05, 0.1) is 6.20 Å². The maximum atomic E-state index is 12.4. The number of nitrogens with one attached hydrogen (secondary N) is 3. The van der Waals surface area contributed by atoms with Crippen LogP contribution in [0.4, 0.5) is 5.69 Å². The predicted octanol–water partition coefficient (Wildman–Crippen LogP) is 0.598. The molecule has 0 aliphatic carbocycles. The first-order chi connectivity index (χ1) is 14.2. The number of nitrogens with zero attached hydrogens (tertiary/aromatic N) is 2. The van der Waals surface area contributed by atoms with E-state index < -0.39 is 35.7 Å². The smallest absolute Gasteiger partial charge is 0.244 e. The van der Waals surface area contributed by atoms with E-state index in [9.17, 15) is 21.6 Å². The molecule has 0 radical (unpaired) electrons. The molecule has 30 heavy (non-hydrogen) atoms. The fraction of sp³-hybridized carbons (Fsp3) is 0.176. The number of sulfonamides is 2. The minimum Gasteiger partial charge on any atom is -0.356 e. The first-order valence-corrected chi connectivity index (χ1v) is 11.5. The zero-order valence-corrected chi connectivity index (χ0v) is 17.6. The van der Waals surface area contributed by atoms with E-state index in [1.54, 1.807) is 30.3 Å². The molecule has 11 nitrogen and oxygen atoms in total. The van der Waals surface area contributed by atoms with E-state index >= 15 is 0 Å². The van der Waals surface area contributed by atoms with Crippen molar-refractivity contribution < 1.29 is 26.2 Å². The normalized spacial score (nSPS) is 12.1. The number of aromatic nitrogens is 2. The average Bonchev–Trinajstić information content (AvgIpc) is 3.39. The molecule has 1 aromatic carbocycles. The largest absolute Gasteiger partial charge is 0.356 e. The molecule has 0 saturated carbocycles. The first kappa shape index (κ1) is 21.7. The molecular weight excluding hydrogens is 434 g/mol. The van der Waals surface area contributed by atoms with Crippen molar-refractivity contribution in [2.24, 2.45) is 0 Å². The number of amides is 1. The van der Waals surface area contributed by atoms with Gasteiger partial charge in [-0.05, 0) is 38.4 Å². The maximum absolute atomic E-state index is 12.4. The number of anilines is 1. The van der Waals surface area contributed by atoms with Crippen LogP contribution < -0.4 is 14.8 Å². The van der Waals surface area contributed by atoms with Crippen LogP contribution in [0.25, 0.3) is 11.3 Å². The molecule has 160 valence electrons. The Hall–Kier alpha value is -3.00. The summed E-state index contributed by atoms with van der Waals surface area (Å²) in [6.07, 6.45) is 3.69. The molecule has 0 spiro atoms. The number of rotatable bonds is 8. The molecule has 13 heteroatoms. The summed E-state index contributed by atoms with van der Waals surface area (Å²) in [5, 5.41) is 6.29. The van der Waals surface area contributed by atoms with Gasteiger partial charge in [0.2, 0.25) is 26.0 Å². The van der Waals surface area contributed by atoms with Crippen LogP contribution in [0, 0.1) is 0 Å². The quantitative estimate of drug-likeness (QED) is 0.451. The van der Waals surface area contributed by atoms with Crippen molar-refractivity contribution in [2.75, 3.05) is 19.4 Å². The average molecular weight is 454 g/mol. The lowest BCUT2D eigenvalue weighted by Gasteiger charge is -2.06. The first-order valence-electron chi connectivity index (χ1n) is 8.54. The third kappa shape index (κ3) is 4.59. The highest BCUT2D eigenvalue weighted by Gasteiger charge is 2.27. The minimum absolute atomic E-state index is 0.296. The molecule has 2 heterocycles. The molecule has 1 amide bonds. The van der Waals surface area contributed by atoms with Gasteiger partial charge in [-0.3, -0.25) is 4.79 Å². The Balaban J connectivity index is 1.79. The highest BCUT2D eigenvalue weighted by Crippen LogP contribution is 2.23. The fourth-order valence-corrected chi connectivity index (χ4v) is 4.91. The lowest BCUT2D eigenvalue weighted by Crippen LogP contribution is -2.24. The number of benzene rings is 1. The molecule has 0 fully saturated rings. The SMILES string of the molecule is CNS(=O)(=O)c1cn(CC(=O)Nc2ccc(-c3ccno3)cc2)cc1S(=O)(=O)NC. The Labute approximate surface area is 173 Å². The molecule has 3 rings (SSSR count). The van der Waals surface area contributed by atoms with E-state index in [0.29, 0.717) is 11.4 Å². The van der Waals surface area contributed by atoms with E-state index in [2.05, 4.69) is 19.9 Å². The van der Waals surface area contributed by atoms with Gasteiger partial charge in [0, 0.05) is 29.7 Å². The fourth-order valence-electron chi connectivity index (χ4n) is 2.63. The molecular formula is C17H19N5O6S2. The van der Waals surface area contributed by atoms with Gasteiger partial charge in [0.15, 0.2) is 5.76 Å². The molecule has 0 aliphatic heterocycles. The monoisotopic (exact) mass is 453 g/mol. The lowest BCUT2D eigenvalue weighted by molar-refractivity contribution is -0.116. The summed E-state index contributed by atoms with van der Waals surface area (Å²) in [6, 6.07) is 8.51. The zero-order chi connectivity index (χ0) is 21.9. The molecule has 0 unspecified atom stereocenters. The van der Waals surface area contributed by atoms with Crippen LogP contribution >= 0.6 is 0 Å². The Kier molecular flexibility index (Phi) is 6.07. The van der Waals surface area contributed by atoms with Gasteiger partial charge in [0.25, 0.3) is 0 Å². The van der Waals surface area contributed by atoms with Gasteiger partial charge < -0.3 is 14.4 Å². The van der Waals surface area contributed by atoms with Gasteiger partial charge in [0.1, 0.15) is 16.3 Å². The lowest BCUT2D eigenvalue weighted by atomic mass is 10.1. The summed E-state index contributed by atoms with van der Waals surface area (Å²) < 4.78 is 59.1. The van der Waals surface area contributed by atoms with Crippen LogP contribution in [0.15, 0.2) is 63.2 Å². The second-order valence-corrected chi connectivity index (χ2v) is 9.79. The molecule has 0 aliphatic rings. The third-order valence-electron chi connectivity index (χ3n) is 4.14. The summed E-state index contributed by atoms with van der Waals surface area (Å²) in [5.41, 5.74) is 1.28. The van der Waals surface area contributed by atoms with Crippen LogP contribution in [-0.2, 0) is 31.4 Å². The molecule has 3 N–H and O–H groups in total. The zero-order valence-electron chi connectivity index (χ0n) is 16.0. The van der Waals surface area contributed by atoms with Crippen LogP contribution in [0.1, 0.15) is 0 Å². The number of hydrogen-bond donors (Lipinski definition) is 3. The van der Waals surface area contributed by atoms with Crippen LogP contribution in [0.3, 0.4) is 0 Å². The predicted molar refractivity (Wildman–Crippen MR) is 107 cm³/mol. The molecule has 0 atom stereocenters. The van der Waals surface area contributed by atoms with Crippen molar-refractivity contribution in [3.05, 3.63) is 48.9 Å². The molecule has 2 aromatic heterocycles. The van der Waals surface area contributed by atoms with Gasteiger partial charge in [-0.25, -0.2) is 26.3 Å². The number of hydrogen-bond acceptors (Lipinski definition) is 7. The van der Waals surface area contributed by atoms with Gasteiger partial charge in [-0.2, -0.15) is 0 Å². The minimum atomic E-state index is -4.06. The van der Waals surface area contributed by atoms with Crippen LogP contribution in [0.2, 0.25) is 0 Å². The van der Waals surface area contributed by atoms with E-state index in [-0.39, 0.29) is 6.54 Å². The van der Waals surface area contributed by atoms with Crippen molar-refractivity contribution in [1.29, 1.82) is 0 Å². The summed E-state index contributed by atoms with van der Waals surface area (Å²) in [5.74, 6) is 0.107. The third-order valence-corrected chi connectivity index (χ3v) is 7.16. The van der Waals surface area contributed by atoms with Crippen LogP contribution in [0.5, 0.6) is 0 Å². The van der Waals surface area contributed by atoms with Crippen molar-refractivity contribution in [1.82, 2.24) is 19.2 Å².